The minimum absolute atomic E-state index is 0.229. The lowest BCUT2D eigenvalue weighted by Gasteiger charge is -2.19. The topological polar surface area (TPSA) is 31.2 Å². The quantitative estimate of drug-likeness (QED) is 0.727. The summed E-state index contributed by atoms with van der Waals surface area (Å²) in [5, 5.41) is 0. The summed E-state index contributed by atoms with van der Waals surface area (Å²) in [6.07, 6.45) is 12.9. The maximum absolute atomic E-state index is 12.4. The number of carbonyl (C=O) groups excluding carboxylic acids is 1. The number of cyclic esters (lactones) is 1. The number of hydrogen-bond donors (Lipinski definition) is 0. The Bertz CT molecular complexity index is 676. The maximum Gasteiger partial charge on any atom is 0.419 e. The maximum atomic E-state index is 12.4. The molecule has 0 fully saturated rings. The lowest BCUT2D eigenvalue weighted by molar-refractivity contribution is 0.128. The van der Waals surface area contributed by atoms with E-state index in [2.05, 4.69) is 32.1 Å². The summed E-state index contributed by atoms with van der Waals surface area (Å²) in [6.45, 7) is 6.22. The lowest BCUT2D eigenvalue weighted by atomic mass is 9.89. The van der Waals surface area contributed by atoms with Crippen molar-refractivity contribution in [3.63, 3.8) is 0 Å². The van der Waals surface area contributed by atoms with Gasteiger partial charge in [0.05, 0.1) is 5.69 Å². The Kier molecular flexibility index (Phi) is 4.06. The van der Waals surface area contributed by atoms with E-state index in [1.165, 1.54) is 12.0 Å². The van der Waals surface area contributed by atoms with E-state index < -0.39 is 0 Å². The zero-order chi connectivity index (χ0) is 15.7. The van der Waals surface area contributed by atoms with Crippen LogP contribution in [0.2, 0.25) is 0 Å². The number of rotatable bonds is 1. The molecule has 2 bridgehead atoms. The molecule has 3 nitrogen and oxygen atoms in total. The predicted molar refractivity (Wildman–Crippen MR) is 89.6 cm³/mol. The third kappa shape index (κ3) is 3.08. The number of aromatic nitrogens is 1. The van der Waals surface area contributed by atoms with E-state index in [1.54, 1.807) is 4.57 Å². The molecule has 1 aromatic rings. The summed E-state index contributed by atoms with van der Waals surface area (Å²) < 4.78 is 7.17. The summed E-state index contributed by atoms with van der Waals surface area (Å²) in [5.41, 5.74) is 4.43. The van der Waals surface area contributed by atoms with Crippen LogP contribution in [0.3, 0.4) is 0 Å². The normalized spacial score (nSPS) is 29.1. The zero-order valence-corrected chi connectivity index (χ0v) is 13.5. The van der Waals surface area contributed by atoms with E-state index in [0.717, 1.165) is 35.6 Å². The second-order valence-electron chi connectivity index (χ2n) is 6.47. The van der Waals surface area contributed by atoms with E-state index in [1.807, 2.05) is 25.3 Å². The Morgan fingerprint density at radius 1 is 1.32 bits per heavy atom. The van der Waals surface area contributed by atoms with Crippen molar-refractivity contribution in [3.05, 3.63) is 47.3 Å². The van der Waals surface area contributed by atoms with Crippen molar-refractivity contribution >= 4 is 17.7 Å². The summed E-state index contributed by atoms with van der Waals surface area (Å²) in [6, 6.07) is 2.09. The predicted octanol–water partition coefficient (Wildman–Crippen LogP) is 5.04. The number of allylic oxidation sites excluding steroid dienone is 4. The fourth-order valence-electron chi connectivity index (χ4n) is 3.01. The molecule has 3 heteroatoms. The molecule has 0 saturated heterocycles. The summed E-state index contributed by atoms with van der Waals surface area (Å²) in [4.78, 5) is 12.4. The van der Waals surface area contributed by atoms with Crippen LogP contribution in [0.4, 0.5) is 4.79 Å². The van der Waals surface area contributed by atoms with Crippen molar-refractivity contribution in [1.29, 1.82) is 0 Å². The standard InChI is InChI=1S/C19H23NO2/c1-13-5-8-17(9-6-13)18-11-16-10-14(2)4-7-15(3)22-19(21)20(18)12-16/h4,7-8,10-13,15H,5-6,9H2,1-3H3/b7-4+,14-10-. The molecule has 1 aromatic heterocycles. The molecular weight excluding hydrogens is 274 g/mol. The van der Waals surface area contributed by atoms with Gasteiger partial charge in [0.1, 0.15) is 6.10 Å². The molecule has 22 heavy (non-hydrogen) atoms. The molecule has 0 N–H and O–H groups in total. The van der Waals surface area contributed by atoms with E-state index in [9.17, 15) is 4.79 Å². The van der Waals surface area contributed by atoms with Gasteiger partial charge in [-0.15, -0.1) is 0 Å². The molecule has 2 heterocycles. The van der Waals surface area contributed by atoms with Gasteiger partial charge in [0.2, 0.25) is 0 Å². The highest BCUT2D eigenvalue weighted by Gasteiger charge is 2.20. The van der Waals surface area contributed by atoms with Crippen LogP contribution in [0.1, 0.15) is 51.3 Å². The van der Waals surface area contributed by atoms with Crippen molar-refractivity contribution in [2.75, 3.05) is 0 Å². The molecule has 0 aromatic carbocycles. The minimum atomic E-state index is -0.300. The summed E-state index contributed by atoms with van der Waals surface area (Å²) in [7, 11) is 0. The Labute approximate surface area is 132 Å². The van der Waals surface area contributed by atoms with Crippen molar-refractivity contribution < 1.29 is 9.53 Å². The highest BCUT2D eigenvalue weighted by Crippen LogP contribution is 2.31. The summed E-state index contributed by atoms with van der Waals surface area (Å²) >= 11 is 0. The van der Waals surface area contributed by atoms with E-state index in [4.69, 9.17) is 4.74 Å². The third-order valence-corrected chi connectivity index (χ3v) is 4.35. The second kappa shape index (κ2) is 5.99. The van der Waals surface area contributed by atoms with Crippen LogP contribution in [-0.4, -0.2) is 16.8 Å². The van der Waals surface area contributed by atoms with Gasteiger partial charge >= 0.3 is 6.09 Å². The average Bonchev–Trinajstić information content (AvgIpc) is 2.89. The fourth-order valence-corrected chi connectivity index (χ4v) is 3.01. The average molecular weight is 297 g/mol. The van der Waals surface area contributed by atoms with E-state index >= 15 is 0 Å². The van der Waals surface area contributed by atoms with Gasteiger partial charge in [0, 0.05) is 6.20 Å². The first-order chi connectivity index (χ1) is 10.5. The molecule has 116 valence electrons. The summed E-state index contributed by atoms with van der Waals surface area (Å²) in [5.74, 6) is 0.729. The van der Waals surface area contributed by atoms with Crippen molar-refractivity contribution in [3.8, 4) is 0 Å². The van der Waals surface area contributed by atoms with Crippen LogP contribution in [0.15, 0.2) is 36.1 Å². The van der Waals surface area contributed by atoms with Gasteiger partial charge < -0.3 is 4.74 Å². The van der Waals surface area contributed by atoms with Crippen LogP contribution >= 0.6 is 0 Å². The molecule has 0 amide bonds. The first-order valence-electron chi connectivity index (χ1n) is 8.02. The molecular formula is C19H23NO2. The Morgan fingerprint density at radius 2 is 2.14 bits per heavy atom. The van der Waals surface area contributed by atoms with Gasteiger partial charge in [-0.2, -0.15) is 0 Å². The molecule has 0 saturated carbocycles. The number of hydrogen-bond acceptors (Lipinski definition) is 2. The number of ether oxygens (including phenoxy) is 1. The van der Waals surface area contributed by atoms with Gasteiger partial charge in [-0.25, -0.2) is 4.79 Å². The molecule has 2 aliphatic rings. The lowest BCUT2D eigenvalue weighted by Crippen LogP contribution is -2.20. The first kappa shape index (κ1) is 14.9. The largest absolute Gasteiger partial charge is 0.442 e. The monoisotopic (exact) mass is 297 g/mol. The SMILES string of the molecule is CC1=C/c2cc(C3=CCC(C)CC3)n(c2)C(=O)OC(C)\C=C\1. The fraction of sp³-hybridized carbons (Fsp3) is 0.421. The first-order valence-corrected chi connectivity index (χ1v) is 8.02. The van der Waals surface area contributed by atoms with Gasteiger partial charge in [-0.3, -0.25) is 4.57 Å². The van der Waals surface area contributed by atoms with Crippen molar-refractivity contribution in [2.45, 2.75) is 46.1 Å². The molecule has 0 radical (unpaired) electrons. The van der Waals surface area contributed by atoms with Gasteiger partial charge in [-0.05, 0) is 62.3 Å². The second-order valence-corrected chi connectivity index (χ2v) is 6.47. The Balaban J connectivity index is 2.05. The third-order valence-electron chi connectivity index (χ3n) is 4.35. The van der Waals surface area contributed by atoms with Crippen molar-refractivity contribution in [2.24, 2.45) is 5.92 Å². The minimum Gasteiger partial charge on any atom is -0.442 e. The van der Waals surface area contributed by atoms with Crippen LogP contribution in [0, 0.1) is 5.92 Å². The van der Waals surface area contributed by atoms with Crippen LogP contribution < -0.4 is 0 Å². The van der Waals surface area contributed by atoms with Crippen LogP contribution in [0.25, 0.3) is 11.6 Å². The molecule has 0 spiro atoms. The Morgan fingerprint density at radius 3 is 2.86 bits per heavy atom. The van der Waals surface area contributed by atoms with Crippen molar-refractivity contribution in [1.82, 2.24) is 4.57 Å². The molecule has 2 unspecified atom stereocenters. The molecule has 1 aliphatic carbocycles. The smallest absolute Gasteiger partial charge is 0.419 e. The van der Waals surface area contributed by atoms with Crippen LogP contribution in [-0.2, 0) is 4.74 Å². The van der Waals surface area contributed by atoms with Crippen LogP contribution in [0.5, 0.6) is 0 Å². The van der Waals surface area contributed by atoms with Gasteiger partial charge in [-0.1, -0.05) is 30.7 Å². The van der Waals surface area contributed by atoms with E-state index in [-0.39, 0.29) is 12.2 Å². The Hall–Kier alpha value is -2.03. The number of nitrogens with zero attached hydrogens (tertiary/aromatic N) is 1. The molecule has 1 aliphatic heterocycles. The highest BCUT2D eigenvalue weighted by atomic mass is 16.6. The molecule has 2 atom stereocenters. The zero-order valence-electron chi connectivity index (χ0n) is 13.5. The number of fused-ring (bicyclic) bond motifs is 2. The van der Waals surface area contributed by atoms with E-state index in [0.29, 0.717) is 0 Å². The van der Waals surface area contributed by atoms with Gasteiger partial charge in [0.25, 0.3) is 0 Å². The molecule has 3 rings (SSSR count). The van der Waals surface area contributed by atoms with Gasteiger partial charge in [0.15, 0.2) is 0 Å². The number of carbonyl (C=O) groups is 1. The highest BCUT2D eigenvalue weighted by molar-refractivity contribution is 5.80.